The number of amides is 1. The molecule has 1 aliphatic rings. The molecule has 36 heavy (non-hydrogen) atoms. The van der Waals surface area contributed by atoms with Gasteiger partial charge in [-0.2, -0.15) is 0 Å². The first-order valence-electron chi connectivity index (χ1n) is 12.5. The number of hydrogen-bond acceptors (Lipinski definition) is 3. The summed E-state index contributed by atoms with van der Waals surface area (Å²) in [5, 5.41) is 2.28. The number of anilines is 1. The number of carbonyl (C=O) groups is 1. The van der Waals surface area contributed by atoms with Gasteiger partial charge in [0.05, 0.1) is 17.6 Å². The van der Waals surface area contributed by atoms with Crippen molar-refractivity contribution in [1.29, 1.82) is 0 Å². The molecule has 1 amide bonds. The van der Waals surface area contributed by atoms with Crippen molar-refractivity contribution in [3.8, 4) is 5.75 Å². The number of benzene rings is 4. The van der Waals surface area contributed by atoms with Gasteiger partial charge in [-0.05, 0) is 48.6 Å². The van der Waals surface area contributed by atoms with Crippen molar-refractivity contribution < 1.29 is 9.53 Å². The van der Waals surface area contributed by atoms with Gasteiger partial charge in [-0.3, -0.25) is 4.79 Å². The van der Waals surface area contributed by atoms with Crippen molar-refractivity contribution in [2.24, 2.45) is 0 Å². The highest BCUT2D eigenvalue weighted by Crippen LogP contribution is 2.36. The molecule has 0 spiro atoms. The van der Waals surface area contributed by atoms with Gasteiger partial charge in [0.1, 0.15) is 18.2 Å². The Bertz CT molecular complexity index is 1560. The molecule has 0 N–H and O–H groups in total. The van der Waals surface area contributed by atoms with Crippen LogP contribution in [0.1, 0.15) is 29.3 Å². The zero-order valence-electron chi connectivity index (χ0n) is 20.6. The molecular formula is C31H29N3O2. The number of ether oxygens (including phenoxy) is 1. The Morgan fingerprint density at radius 2 is 1.61 bits per heavy atom. The lowest BCUT2D eigenvalue weighted by Crippen LogP contribution is -2.26. The van der Waals surface area contributed by atoms with Crippen molar-refractivity contribution in [2.45, 2.75) is 32.7 Å². The van der Waals surface area contributed by atoms with Crippen LogP contribution in [0.2, 0.25) is 0 Å². The maximum atomic E-state index is 13.2. The summed E-state index contributed by atoms with van der Waals surface area (Å²) in [5.74, 6) is 2.03. The summed E-state index contributed by atoms with van der Waals surface area (Å²) in [6, 6.07) is 28.8. The predicted molar refractivity (Wildman–Crippen MR) is 145 cm³/mol. The molecule has 6 rings (SSSR count). The summed E-state index contributed by atoms with van der Waals surface area (Å²) in [6.07, 6.45) is 0.460. The maximum absolute atomic E-state index is 13.2. The molecule has 1 saturated heterocycles. The minimum absolute atomic E-state index is 0.0291. The predicted octanol–water partition coefficient (Wildman–Crippen LogP) is 6.41. The fraction of sp³-hybridized carbons (Fsp3) is 0.226. The van der Waals surface area contributed by atoms with Crippen LogP contribution in [0.3, 0.4) is 0 Å². The highest BCUT2D eigenvalue weighted by Gasteiger charge is 2.35. The molecule has 0 bridgehead atoms. The summed E-state index contributed by atoms with van der Waals surface area (Å²) in [7, 11) is 0. The van der Waals surface area contributed by atoms with Gasteiger partial charge >= 0.3 is 0 Å². The number of hydrogen-bond donors (Lipinski definition) is 0. The molecule has 0 saturated carbocycles. The Kier molecular flexibility index (Phi) is 5.68. The number of rotatable bonds is 6. The van der Waals surface area contributed by atoms with Gasteiger partial charge in [0.2, 0.25) is 5.91 Å². The van der Waals surface area contributed by atoms with Gasteiger partial charge in [-0.25, -0.2) is 4.98 Å². The van der Waals surface area contributed by atoms with E-state index in [1.807, 2.05) is 53.4 Å². The summed E-state index contributed by atoms with van der Waals surface area (Å²) in [6.45, 7) is 5.96. The molecule has 1 atom stereocenters. The second-order valence-corrected chi connectivity index (χ2v) is 9.58. The third kappa shape index (κ3) is 3.91. The lowest BCUT2D eigenvalue weighted by molar-refractivity contribution is -0.117. The van der Waals surface area contributed by atoms with Crippen LogP contribution >= 0.6 is 0 Å². The average molecular weight is 476 g/mol. The van der Waals surface area contributed by atoms with E-state index in [2.05, 4.69) is 54.8 Å². The van der Waals surface area contributed by atoms with Gasteiger partial charge < -0.3 is 14.2 Å². The minimum Gasteiger partial charge on any atom is -0.491 e. The van der Waals surface area contributed by atoms with Crippen LogP contribution in [-0.4, -0.2) is 28.6 Å². The van der Waals surface area contributed by atoms with E-state index in [4.69, 9.17) is 9.72 Å². The molecule has 1 aromatic heterocycles. The van der Waals surface area contributed by atoms with Crippen molar-refractivity contribution >= 4 is 33.4 Å². The summed E-state index contributed by atoms with van der Waals surface area (Å²) in [4.78, 5) is 20.1. The molecule has 1 aliphatic heterocycles. The SMILES string of the molecule is Cc1cccc(C)c1N1CC(c2nc3ccccc3n2CCOc2cccc3ccccc23)CC1=O. The van der Waals surface area contributed by atoms with E-state index >= 15 is 0 Å². The Morgan fingerprint density at radius 3 is 2.47 bits per heavy atom. The monoisotopic (exact) mass is 475 g/mol. The van der Waals surface area contributed by atoms with Crippen LogP contribution in [-0.2, 0) is 11.3 Å². The van der Waals surface area contributed by atoms with Crippen molar-refractivity contribution in [3.05, 3.63) is 102 Å². The number of para-hydroxylation sites is 3. The zero-order chi connectivity index (χ0) is 24.6. The second kappa shape index (κ2) is 9.15. The lowest BCUT2D eigenvalue weighted by Gasteiger charge is -2.21. The number of aryl methyl sites for hydroxylation is 2. The van der Waals surface area contributed by atoms with Gasteiger partial charge in [-0.15, -0.1) is 0 Å². The molecule has 0 aliphatic carbocycles. The van der Waals surface area contributed by atoms with Gasteiger partial charge in [0, 0.05) is 30.0 Å². The van der Waals surface area contributed by atoms with Crippen LogP contribution in [0.15, 0.2) is 84.9 Å². The standard InChI is InChI=1S/C31H29N3O2/c1-21-9-7-10-22(2)30(21)34-20-24(19-29(34)35)31-32-26-14-5-6-15-27(26)33(31)17-18-36-28-16-8-12-23-11-3-4-13-25(23)28/h3-16,24H,17-20H2,1-2H3. The Hall–Kier alpha value is -4.12. The van der Waals surface area contributed by atoms with E-state index < -0.39 is 0 Å². The molecule has 5 aromatic rings. The molecule has 0 radical (unpaired) electrons. The van der Waals surface area contributed by atoms with Gasteiger partial charge in [0.15, 0.2) is 0 Å². The first-order chi connectivity index (χ1) is 17.6. The third-order valence-electron chi connectivity index (χ3n) is 7.21. The normalized spacial score (nSPS) is 15.8. The van der Waals surface area contributed by atoms with Crippen LogP contribution in [0.4, 0.5) is 5.69 Å². The van der Waals surface area contributed by atoms with E-state index in [1.54, 1.807) is 0 Å². The Balaban J connectivity index is 1.29. The van der Waals surface area contributed by atoms with Crippen LogP contribution in [0.5, 0.6) is 5.75 Å². The largest absolute Gasteiger partial charge is 0.491 e. The van der Waals surface area contributed by atoms with Crippen molar-refractivity contribution in [2.75, 3.05) is 18.1 Å². The number of fused-ring (bicyclic) bond motifs is 2. The molecule has 2 heterocycles. The Morgan fingerprint density at radius 1 is 0.889 bits per heavy atom. The Labute approximate surface area is 210 Å². The average Bonchev–Trinajstić information content (AvgIpc) is 3.45. The van der Waals surface area contributed by atoms with E-state index in [0.29, 0.717) is 26.1 Å². The summed E-state index contributed by atoms with van der Waals surface area (Å²) < 4.78 is 8.52. The second-order valence-electron chi connectivity index (χ2n) is 9.58. The number of imidazole rings is 1. The van der Waals surface area contributed by atoms with E-state index in [0.717, 1.165) is 44.8 Å². The van der Waals surface area contributed by atoms with Gasteiger partial charge in [0.25, 0.3) is 0 Å². The van der Waals surface area contributed by atoms with Gasteiger partial charge in [-0.1, -0.05) is 66.7 Å². The summed E-state index contributed by atoms with van der Waals surface area (Å²) in [5.41, 5.74) is 5.32. The molecule has 1 fully saturated rings. The fourth-order valence-electron chi connectivity index (χ4n) is 5.54. The molecule has 180 valence electrons. The quantitative estimate of drug-likeness (QED) is 0.285. The van der Waals surface area contributed by atoms with E-state index in [9.17, 15) is 4.79 Å². The first-order valence-corrected chi connectivity index (χ1v) is 12.5. The number of carbonyl (C=O) groups excluding carboxylic acids is 1. The first kappa shape index (κ1) is 22.4. The molecule has 4 aromatic carbocycles. The molecule has 5 heteroatoms. The van der Waals surface area contributed by atoms with Crippen LogP contribution in [0, 0.1) is 13.8 Å². The third-order valence-corrected chi connectivity index (χ3v) is 7.21. The smallest absolute Gasteiger partial charge is 0.227 e. The highest BCUT2D eigenvalue weighted by molar-refractivity contribution is 5.98. The van der Waals surface area contributed by atoms with E-state index in [-0.39, 0.29) is 11.8 Å². The fourth-order valence-corrected chi connectivity index (χ4v) is 5.54. The highest BCUT2D eigenvalue weighted by atomic mass is 16.5. The zero-order valence-corrected chi connectivity index (χ0v) is 20.6. The summed E-state index contributed by atoms with van der Waals surface area (Å²) >= 11 is 0. The maximum Gasteiger partial charge on any atom is 0.227 e. The van der Waals surface area contributed by atoms with Crippen molar-refractivity contribution in [1.82, 2.24) is 9.55 Å². The molecule has 5 nitrogen and oxygen atoms in total. The number of aromatic nitrogens is 2. The van der Waals surface area contributed by atoms with Crippen LogP contribution < -0.4 is 9.64 Å². The van der Waals surface area contributed by atoms with Crippen LogP contribution in [0.25, 0.3) is 21.8 Å². The molecular weight excluding hydrogens is 446 g/mol. The van der Waals surface area contributed by atoms with E-state index in [1.165, 1.54) is 5.39 Å². The number of nitrogens with zero attached hydrogens (tertiary/aromatic N) is 3. The lowest BCUT2D eigenvalue weighted by atomic mass is 10.1. The van der Waals surface area contributed by atoms with Crippen molar-refractivity contribution in [3.63, 3.8) is 0 Å². The topological polar surface area (TPSA) is 47.4 Å². The molecule has 1 unspecified atom stereocenters. The minimum atomic E-state index is 0.0291.